The zero-order valence-electron chi connectivity index (χ0n) is 10.8. The van der Waals surface area contributed by atoms with Gasteiger partial charge in [0.1, 0.15) is 0 Å². The van der Waals surface area contributed by atoms with Gasteiger partial charge in [0.05, 0.1) is 18.8 Å². The number of carbonyl (C=O) groups excluding carboxylic acids is 1. The third kappa shape index (κ3) is 2.36. The first-order valence-electron chi connectivity index (χ1n) is 6.39. The number of hydrogen-bond acceptors (Lipinski definition) is 4. The molecular formula is C15H14N3O2-. The third-order valence-corrected chi connectivity index (χ3v) is 3.16. The Labute approximate surface area is 117 Å². The summed E-state index contributed by atoms with van der Waals surface area (Å²) in [6, 6.07) is 18.8. The maximum atomic E-state index is 12.0. The number of hydrogen-bond donors (Lipinski definition) is 0. The Morgan fingerprint density at radius 1 is 0.950 bits per heavy atom. The lowest BCUT2D eigenvalue weighted by Crippen LogP contribution is -2.43. The average molecular weight is 268 g/mol. The Morgan fingerprint density at radius 3 is 2.20 bits per heavy atom. The summed E-state index contributed by atoms with van der Waals surface area (Å²) >= 11 is 0. The van der Waals surface area contributed by atoms with Gasteiger partial charge in [-0.1, -0.05) is 48.5 Å². The van der Waals surface area contributed by atoms with Crippen LogP contribution in [0.3, 0.4) is 0 Å². The minimum atomic E-state index is -0.201. The van der Waals surface area contributed by atoms with Gasteiger partial charge in [-0.25, -0.2) is 10.1 Å². The molecule has 2 aromatic rings. The highest BCUT2D eigenvalue weighted by Crippen LogP contribution is 2.24. The normalized spacial score (nSPS) is 15.9. The number of rotatable bonds is 3. The number of anilines is 1. The van der Waals surface area contributed by atoms with Gasteiger partial charge in [0, 0.05) is 0 Å². The molecule has 5 heteroatoms. The van der Waals surface area contributed by atoms with Crippen molar-refractivity contribution >= 4 is 11.6 Å². The molecule has 3 rings (SSSR count). The van der Waals surface area contributed by atoms with Crippen LogP contribution in [-0.4, -0.2) is 22.6 Å². The number of carbonyl (C=O) groups is 1. The molecule has 2 aromatic carbocycles. The number of para-hydroxylation sites is 1. The third-order valence-electron chi connectivity index (χ3n) is 3.16. The molecule has 20 heavy (non-hydrogen) atoms. The van der Waals surface area contributed by atoms with Gasteiger partial charge in [-0.3, -0.25) is 9.97 Å². The van der Waals surface area contributed by atoms with Gasteiger partial charge in [-0.05, 0) is 17.7 Å². The fourth-order valence-corrected chi connectivity index (χ4v) is 2.23. The minimum Gasteiger partial charge on any atom is -0.765 e. The predicted octanol–water partition coefficient (Wildman–Crippen LogP) is 2.17. The fourth-order valence-electron chi connectivity index (χ4n) is 2.23. The van der Waals surface area contributed by atoms with E-state index in [9.17, 15) is 10.0 Å². The molecule has 1 aliphatic rings. The van der Waals surface area contributed by atoms with Crippen LogP contribution in [0.5, 0.6) is 0 Å². The van der Waals surface area contributed by atoms with Gasteiger partial charge in [-0.15, -0.1) is 0 Å². The van der Waals surface area contributed by atoms with Crippen molar-refractivity contribution < 1.29 is 4.79 Å². The van der Waals surface area contributed by atoms with Crippen LogP contribution < -0.4 is 5.12 Å². The number of nitrogens with zero attached hydrogens (tertiary/aromatic N) is 3. The zero-order valence-corrected chi connectivity index (χ0v) is 10.8. The number of hydrazine groups is 2. The predicted molar refractivity (Wildman–Crippen MR) is 76.0 cm³/mol. The Balaban J connectivity index is 1.89. The molecular weight excluding hydrogens is 254 g/mol. The van der Waals surface area contributed by atoms with Crippen molar-refractivity contribution in [3.05, 3.63) is 71.4 Å². The van der Waals surface area contributed by atoms with E-state index in [4.69, 9.17) is 0 Å². The Bertz CT molecular complexity index is 589. The zero-order chi connectivity index (χ0) is 13.9. The molecule has 0 N–H and O–H groups in total. The molecule has 1 fully saturated rings. The van der Waals surface area contributed by atoms with Crippen LogP contribution in [0.25, 0.3) is 0 Å². The van der Waals surface area contributed by atoms with Crippen molar-refractivity contribution in [1.82, 2.24) is 10.2 Å². The fraction of sp³-hybridized carbons (Fsp3) is 0.133. The highest BCUT2D eigenvalue weighted by atomic mass is 16.6. The van der Waals surface area contributed by atoms with Crippen LogP contribution in [0, 0.1) is 5.21 Å². The maximum absolute atomic E-state index is 12.0. The Morgan fingerprint density at radius 2 is 1.55 bits per heavy atom. The molecule has 0 radical (unpaired) electrons. The van der Waals surface area contributed by atoms with Gasteiger partial charge in [0.25, 0.3) is 5.91 Å². The van der Waals surface area contributed by atoms with Crippen molar-refractivity contribution in [2.45, 2.75) is 6.54 Å². The second kappa shape index (κ2) is 5.32. The molecule has 102 valence electrons. The first kappa shape index (κ1) is 12.7. The molecule has 1 aliphatic heterocycles. The van der Waals surface area contributed by atoms with Crippen LogP contribution in [0.2, 0.25) is 0 Å². The molecule has 0 spiro atoms. The SMILES string of the molecule is O=C1CN([O-])N(c2ccccc2)N1Cc1ccccc1. The molecule has 5 nitrogen and oxygen atoms in total. The first-order valence-corrected chi connectivity index (χ1v) is 6.39. The average Bonchev–Trinajstić information content (AvgIpc) is 2.75. The van der Waals surface area contributed by atoms with Gasteiger partial charge in [-0.2, -0.15) is 0 Å². The van der Waals surface area contributed by atoms with Gasteiger partial charge in [0.15, 0.2) is 0 Å². The van der Waals surface area contributed by atoms with Crippen molar-refractivity contribution in [1.29, 1.82) is 0 Å². The smallest absolute Gasteiger partial charge is 0.257 e. The quantitative estimate of drug-likeness (QED) is 0.856. The van der Waals surface area contributed by atoms with E-state index in [0.717, 1.165) is 5.56 Å². The summed E-state index contributed by atoms with van der Waals surface area (Å²) in [6.45, 7) is 0.231. The van der Waals surface area contributed by atoms with Crippen molar-refractivity contribution in [2.75, 3.05) is 11.7 Å². The van der Waals surface area contributed by atoms with E-state index < -0.39 is 0 Å². The largest absolute Gasteiger partial charge is 0.765 e. The number of benzene rings is 2. The van der Waals surface area contributed by atoms with E-state index in [1.165, 1.54) is 10.1 Å². The summed E-state index contributed by atoms with van der Waals surface area (Å²) in [5, 5.41) is 15.5. The van der Waals surface area contributed by atoms with Gasteiger partial charge in [0.2, 0.25) is 0 Å². The molecule has 1 heterocycles. The van der Waals surface area contributed by atoms with E-state index in [0.29, 0.717) is 17.4 Å². The number of amides is 1. The molecule has 0 atom stereocenters. The van der Waals surface area contributed by atoms with Gasteiger partial charge < -0.3 is 5.21 Å². The second-order valence-electron chi connectivity index (χ2n) is 4.57. The lowest BCUT2D eigenvalue weighted by molar-refractivity contribution is -0.127. The topological polar surface area (TPSA) is 49.9 Å². The summed E-state index contributed by atoms with van der Waals surface area (Å²) in [4.78, 5) is 12.0. The molecule has 0 bridgehead atoms. The summed E-state index contributed by atoms with van der Waals surface area (Å²) in [5.41, 5.74) is 1.67. The summed E-state index contributed by atoms with van der Waals surface area (Å²) in [7, 11) is 0. The summed E-state index contributed by atoms with van der Waals surface area (Å²) < 4.78 is 0. The van der Waals surface area contributed by atoms with E-state index in [1.807, 2.05) is 60.7 Å². The molecule has 0 aromatic heterocycles. The summed E-state index contributed by atoms with van der Waals surface area (Å²) in [6.07, 6.45) is 0. The van der Waals surface area contributed by atoms with Crippen molar-refractivity contribution in [3.8, 4) is 0 Å². The molecule has 0 unspecified atom stereocenters. The minimum absolute atomic E-state index is 0.151. The first-order chi connectivity index (χ1) is 9.75. The van der Waals surface area contributed by atoms with E-state index in [-0.39, 0.29) is 12.5 Å². The monoisotopic (exact) mass is 268 g/mol. The standard InChI is InChI=1S/C15H14N3O2/c19-15-12-17(20)18(14-9-5-2-6-10-14)16(15)11-13-7-3-1-4-8-13/h1-10H,11-12H2/q-1. The molecule has 1 amide bonds. The highest BCUT2D eigenvalue weighted by Gasteiger charge is 2.31. The van der Waals surface area contributed by atoms with Crippen LogP contribution in [-0.2, 0) is 11.3 Å². The highest BCUT2D eigenvalue weighted by molar-refractivity contribution is 5.82. The van der Waals surface area contributed by atoms with Crippen LogP contribution >= 0.6 is 0 Å². The lowest BCUT2D eigenvalue weighted by atomic mass is 10.2. The molecule has 1 saturated heterocycles. The molecule has 0 saturated carbocycles. The van der Waals surface area contributed by atoms with Crippen LogP contribution in [0.15, 0.2) is 60.7 Å². The van der Waals surface area contributed by atoms with E-state index >= 15 is 0 Å². The Hall–Kier alpha value is -2.37. The van der Waals surface area contributed by atoms with Crippen LogP contribution in [0.4, 0.5) is 5.69 Å². The van der Waals surface area contributed by atoms with E-state index in [2.05, 4.69) is 0 Å². The van der Waals surface area contributed by atoms with Gasteiger partial charge >= 0.3 is 0 Å². The van der Waals surface area contributed by atoms with Crippen molar-refractivity contribution in [2.24, 2.45) is 0 Å². The number of hydroxylamine groups is 1. The van der Waals surface area contributed by atoms with E-state index in [1.54, 1.807) is 0 Å². The molecule has 0 aliphatic carbocycles. The second-order valence-corrected chi connectivity index (χ2v) is 4.57. The maximum Gasteiger partial charge on any atom is 0.257 e. The Kier molecular flexibility index (Phi) is 3.37. The van der Waals surface area contributed by atoms with Crippen molar-refractivity contribution in [3.63, 3.8) is 0 Å². The summed E-state index contributed by atoms with van der Waals surface area (Å²) in [5.74, 6) is -0.201. The lowest BCUT2D eigenvalue weighted by Gasteiger charge is -2.38. The van der Waals surface area contributed by atoms with Crippen LogP contribution in [0.1, 0.15) is 5.56 Å².